The molecule has 0 unspecified atom stereocenters. The molecule has 1 rings (SSSR count). The molecule has 0 bridgehead atoms. The molecule has 0 aliphatic heterocycles. The summed E-state index contributed by atoms with van der Waals surface area (Å²) in [6.07, 6.45) is 0. The van der Waals surface area contributed by atoms with Crippen LogP contribution in [-0.2, 0) is 21.9 Å². The van der Waals surface area contributed by atoms with Gasteiger partial charge in [-0.1, -0.05) is 6.58 Å². The Hall–Kier alpha value is -1.67. The van der Waals surface area contributed by atoms with Crippen molar-refractivity contribution in [1.29, 1.82) is 0 Å². The van der Waals surface area contributed by atoms with E-state index in [1.165, 1.54) is 18.5 Å². The van der Waals surface area contributed by atoms with E-state index in [4.69, 9.17) is 0 Å². The molecule has 124 valence electrons. The van der Waals surface area contributed by atoms with Gasteiger partial charge in [0.1, 0.15) is 5.82 Å². The fourth-order valence-electron chi connectivity index (χ4n) is 1.64. The van der Waals surface area contributed by atoms with Crippen LogP contribution in [0.4, 0.5) is 5.82 Å². The minimum Gasteiger partial charge on any atom is -0.309 e. The Morgan fingerprint density at radius 3 is 2.36 bits per heavy atom. The van der Waals surface area contributed by atoms with Crippen LogP contribution in [0.2, 0.25) is 0 Å². The van der Waals surface area contributed by atoms with Gasteiger partial charge in [0.2, 0.25) is 15.9 Å². The zero-order valence-corrected chi connectivity index (χ0v) is 14.7. The third kappa shape index (κ3) is 3.75. The van der Waals surface area contributed by atoms with Crippen LogP contribution in [-0.4, -0.2) is 34.9 Å². The molecule has 0 saturated carbocycles. The lowest BCUT2D eigenvalue weighted by Crippen LogP contribution is -2.51. The van der Waals surface area contributed by atoms with E-state index in [9.17, 15) is 13.2 Å². The number of anilines is 1. The van der Waals surface area contributed by atoms with E-state index < -0.39 is 20.7 Å². The molecular weight excluding hydrogens is 304 g/mol. The zero-order valence-electron chi connectivity index (χ0n) is 13.9. The van der Waals surface area contributed by atoms with Crippen molar-refractivity contribution < 1.29 is 13.2 Å². The molecular formula is C14H24N4O3S. The first-order chi connectivity index (χ1) is 9.88. The summed E-state index contributed by atoms with van der Waals surface area (Å²) in [5, 5.41) is 6.80. The standard InChI is InChI=1S/C14H24N4O3S/c1-9(2)11-8-12(18(7)16-11)15-13(19)14(5,6)22(20,21)17-10(3)4/h8,10,17H,1H2,2-7H3,(H,15,19). The lowest BCUT2D eigenvalue weighted by molar-refractivity contribution is -0.117. The normalized spacial score (nSPS) is 12.5. The summed E-state index contributed by atoms with van der Waals surface area (Å²) < 4.78 is 26.9. The number of aryl methyl sites for hydroxylation is 1. The van der Waals surface area contributed by atoms with E-state index >= 15 is 0 Å². The summed E-state index contributed by atoms with van der Waals surface area (Å²) in [6.45, 7) is 11.7. The Bertz CT molecular complexity index is 687. The first-order valence-electron chi connectivity index (χ1n) is 6.91. The van der Waals surface area contributed by atoms with Crippen molar-refractivity contribution in [3.63, 3.8) is 0 Å². The van der Waals surface area contributed by atoms with Crippen LogP contribution >= 0.6 is 0 Å². The quantitative estimate of drug-likeness (QED) is 0.827. The molecule has 0 saturated heterocycles. The molecule has 22 heavy (non-hydrogen) atoms. The molecule has 1 heterocycles. The lowest BCUT2D eigenvalue weighted by atomic mass is 10.2. The molecule has 2 N–H and O–H groups in total. The maximum absolute atomic E-state index is 12.4. The van der Waals surface area contributed by atoms with Crippen LogP contribution < -0.4 is 10.0 Å². The molecule has 0 fully saturated rings. The second kappa shape index (κ2) is 6.21. The van der Waals surface area contributed by atoms with Crippen LogP contribution in [0.25, 0.3) is 5.57 Å². The van der Waals surface area contributed by atoms with Gasteiger partial charge in [0.05, 0.1) is 5.69 Å². The molecule has 0 aromatic carbocycles. The fraction of sp³-hybridized carbons (Fsp3) is 0.571. The van der Waals surface area contributed by atoms with Gasteiger partial charge in [-0.2, -0.15) is 5.10 Å². The fourth-order valence-corrected chi connectivity index (χ4v) is 2.85. The molecule has 1 aromatic rings. The smallest absolute Gasteiger partial charge is 0.247 e. The zero-order chi connectivity index (χ0) is 17.3. The number of nitrogens with zero attached hydrogens (tertiary/aromatic N) is 2. The van der Waals surface area contributed by atoms with Crippen LogP contribution in [0.3, 0.4) is 0 Å². The summed E-state index contributed by atoms with van der Waals surface area (Å²) in [5.41, 5.74) is 1.39. The molecule has 1 aromatic heterocycles. The van der Waals surface area contributed by atoms with Crippen molar-refractivity contribution in [2.45, 2.75) is 45.4 Å². The summed E-state index contributed by atoms with van der Waals surface area (Å²) in [6, 6.07) is 1.36. The number of hydrogen-bond acceptors (Lipinski definition) is 4. The van der Waals surface area contributed by atoms with Crippen molar-refractivity contribution in [3.05, 3.63) is 18.3 Å². The van der Waals surface area contributed by atoms with Gasteiger partial charge < -0.3 is 5.32 Å². The molecule has 8 heteroatoms. The maximum atomic E-state index is 12.4. The number of nitrogens with one attached hydrogen (secondary N) is 2. The largest absolute Gasteiger partial charge is 0.309 e. The van der Waals surface area contributed by atoms with E-state index in [1.54, 1.807) is 33.9 Å². The predicted octanol–water partition coefficient (Wildman–Crippen LogP) is 1.50. The highest BCUT2D eigenvalue weighted by Crippen LogP contribution is 2.21. The second-order valence-corrected chi connectivity index (χ2v) is 8.32. The van der Waals surface area contributed by atoms with Gasteiger partial charge in [0.25, 0.3) is 0 Å². The maximum Gasteiger partial charge on any atom is 0.247 e. The van der Waals surface area contributed by atoms with Gasteiger partial charge >= 0.3 is 0 Å². The van der Waals surface area contributed by atoms with Crippen molar-refractivity contribution in [3.8, 4) is 0 Å². The van der Waals surface area contributed by atoms with E-state index in [-0.39, 0.29) is 6.04 Å². The minimum atomic E-state index is -3.81. The molecule has 0 atom stereocenters. The van der Waals surface area contributed by atoms with Crippen molar-refractivity contribution in [1.82, 2.24) is 14.5 Å². The number of aromatic nitrogens is 2. The number of sulfonamides is 1. The van der Waals surface area contributed by atoms with Gasteiger partial charge in [-0.15, -0.1) is 0 Å². The summed E-state index contributed by atoms with van der Waals surface area (Å²) in [4.78, 5) is 12.4. The number of amides is 1. The molecule has 0 aliphatic carbocycles. The average Bonchev–Trinajstić information content (AvgIpc) is 2.69. The van der Waals surface area contributed by atoms with Crippen LogP contribution in [0, 0.1) is 0 Å². The summed E-state index contributed by atoms with van der Waals surface area (Å²) >= 11 is 0. The van der Waals surface area contributed by atoms with Crippen LogP contribution in [0.15, 0.2) is 12.6 Å². The first kappa shape index (κ1) is 18.4. The third-order valence-corrected chi connectivity index (χ3v) is 5.48. The molecule has 0 spiro atoms. The third-order valence-electron chi connectivity index (χ3n) is 3.17. The Labute approximate surface area is 131 Å². The highest BCUT2D eigenvalue weighted by Gasteiger charge is 2.42. The summed E-state index contributed by atoms with van der Waals surface area (Å²) in [5.74, 6) is -0.215. The Kier molecular flexibility index (Phi) is 5.19. The van der Waals surface area contributed by atoms with Gasteiger partial charge in [-0.05, 0) is 40.2 Å². The van der Waals surface area contributed by atoms with E-state index in [2.05, 4.69) is 21.7 Å². The van der Waals surface area contributed by atoms with Crippen LogP contribution in [0.5, 0.6) is 0 Å². The lowest BCUT2D eigenvalue weighted by Gasteiger charge is -2.25. The monoisotopic (exact) mass is 328 g/mol. The number of hydrogen-bond donors (Lipinski definition) is 2. The topological polar surface area (TPSA) is 93.1 Å². The van der Waals surface area contributed by atoms with E-state index in [1.807, 2.05) is 0 Å². The predicted molar refractivity (Wildman–Crippen MR) is 87.8 cm³/mol. The second-order valence-electron chi connectivity index (χ2n) is 6.06. The SMILES string of the molecule is C=C(C)c1cc(NC(=O)C(C)(C)S(=O)(=O)NC(C)C)n(C)n1. The van der Waals surface area contributed by atoms with Gasteiger partial charge in [-0.25, -0.2) is 13.1 Å². The summed E-state index contributed by atoms with van der Waals surface area (Å²) in [7, 11) is -2.15. The average molecular weight is 328 g/mol. The highest BCUT2D eigenvalue weighted by atomic mass is 32.2. The Morgan fingerprint density at radius 2 is 1.95 bits per heavy atom. The molecule has 0 radical (unpaired) electrons. The minimum absolute atomic E-state index is 0.288. The number of allylic oxidation sites excluding steroid dienone is 1. The van der Waals surface area contributed by atoms with E-state index in [0.717, 1.165) is 5.57 Å². The van der Waals surface area contributed by atoms with Gasteiger partial charge in [-0.3, -0.25) is 9.48 Å². The molecule has 7 nitrogen and oxygen atoms in total. The van der Waals surface area contributed by atoms with Gasteiger partial charge in [0, 0.05) is 19.2 Å². The van der Waals surface area contributed by atoms with Crippen molar-refractivity contribution in [2.24, 2.45) is 7.05 Å². The number of carbonyl (C=O) groups is 1. The number of carbonyl (C=O) groups excluding carboxylic acids is 1. The highest BCUT2D eigenvalue weighted by molar-refractivity contribution is 7.91. The van der Waals surface area contributed by atoms with Crippen molar-refractivity contribution >= 4 is 27.3 Å². The number of rotatable bonds is 6. The van der Waals surface area contributed by atoms with Crippen LogP contribution in [0.1, 0.15) is 40.3 Å². The van der Waals surface area contributed by atoms with E-state index in [0.29, 0.717) is 11.5 Å². The van der Waals surface area contributed by atoms with Crippen molar-refractivity contribution in [2.75, 3.05) is 5.32 Å². The Morgan fingerprint density at radius 1 is 1.41 bits per heavy atom. The van der Waals surface area contributed by atoms with Gasteiger partial charge in [0.15, 0.2) is 4.75 Å². The molecule has 0 aliphatic rings. The molecule has 1 amide bonds. The Balaban J connectivity index is 3.04. The first-order valence-corrected chi connectivity index (χ1v) is 8.40.